The Bertz CT molecular complexity index is 599. The summed E-state index contributed by atoms with van der Waals surface area (Å²) in [6, 6.07) is 5.98. The van der Waals surface area contributed by atoms with Crippen molar-refractivity contribution in [1.82, 2.24) is 4.98 Å². The van der Waals surface area contributed by atoms with E-state index in [0.29, 0.717) is 5.75 Å². The van der Waals surface area contributed by atoms with Crippen LogP contribution in [0.5, 0.6) is 5.75 Å². The molecule has 0 saturated carbocycles. The Morgan fingerprint density at radius 2 is 2.11 bits per heavy atom. The van der Waals surface area contributed by atoms with Gasteiger partial charge in [-0.05, 0) is 24.3 Å². The van der Waals surface area contributed by atoms with E-state index in [9.17, 15) is 9.18 Å². The van der Waals surface area contributed by atoms with Crippen molar-refractivity contribution in [2.24, 2.45) is 0 Å². The fraction of sp³-hybridized carbons (Fsp3) is 0.0769. The second-order valence-electron chi connectivity index (χ2n) is 3.64. The Hall–Kier alpha value is -2.43. The van der Waals surface area contributed by atoms with Crippen LogP contribution in [0.2, 0.25) is 0 Å². The number of carbonyl (C=O) groups is 1. The standard InChI is InChI=1S/C13H11FN2O2/c1-18-8-2-3-12(15)10(6-8)13(17)9-4-5-16-7-11(9)14/h2-7H,15H2,1H3. The highest BCUT2D eigenvalue weighted by Gasteiger charge is 2.17. The Labute approximate surface area is 103 Å². The van der Waals surface area contributed by atoms with Gasteiger partial charge in [0, 0.05) is 17.4 Å². The molecule has 0 aliphatic rings. The molecule has 0 fully saturated rings. The second kappa shape index (κ2) is 4.83. The number of anilines is 1. The third-order valence-electron chi connectivity index (χ3n) is 2.52. The summed E-state index contributed by atoms with van der Waals surface area (Å²) in [5, 5.41) is 0. The molecule has 0 unspecified atom stereocenters. The topological polar surface area (TPSA) is 65.2 Å². The lowest BCUT2D eigenvalue weighted by Gasteiger charge is -2.07. The first-order valence-electron chi connectivity index (χ1n) is 5.21. The number of hydrogen-bond donors (Lipinski definition) is 1. The third-order valence-corrected chi connectivity index (χ3v) is 2.52. The Morgan fingerprint density at radius 3 is 2.78 bits per heavy atom. The number of ether oxygens (including phenoxy) is 1. The number of pyridine rings is 1. The van der Waals surface area contributed by atoms with Gasteiger partial charge in [-0.15, -0.1) is 0 Å². The van der Waals surface area contributed by atoms with Gasteiger partial charge >= 0.3 is 0 Å². The zero-order valence-corrected chi connectivity index (χ0v) is 9.68. The van der Waals surface area contributed by atoms with Crippen LogP contribution in [0.1, 0.15) is 15.9 Å². The number of benzene rings is 1. The van der Waals surface area contributed by atoms with E-state index in [0.717, 1.165) is 6.20 Å². The van der Waals surface area contributed by atoms with Crippen molar-refractivity contribution in [1.29, 1.82) is 0 Å². The molecule has 1 heterocycles. The summed E-state index contributed by atoms with van der Waals surface area (Å²) < 4.78 is 18.5. The van der Waals surface area contributed by atoms with Crippen molar-refractivity contribution in [3.8, 4) is 5.75 Å². The number of nitrogens with zero attached hydrogens (tertiary/aromatic N) is 1. The first kappa shape index (κ1) is 12.0. The molecule has 2 rings (SSSR count). The van der Waals surface area contributed by atoms with Crippen LogP contribution in [0.4, 0.5) is 10.1 Å². The number of nitrogen functional groups attached to an aromatic ring is 1. The molecule has 2 N–H and O–H groups in total. The number of methoxy groups -OCH3 is 1. The summed E-state index contributed by atoms with van der Waals surface area (Å²) in [6.45, 7) is 0. The highest BCUT2D eigenvalue weighted by molar-refractivity contribution is 6.12. The first-order valence-corrected chi connectivity index (χ1v) is 5.21. The van der Waals surface area contributed by atoms with E-state index in [4.69, 9.17) is 10.5 Å². The van der Waals surface area contributed by atoms with Crippen molar-refractivity contribution in [2.75, 3.05) is 12.8 Å². The molecular weight excluding hydrogens is 235 g/mol. The molecule has 0 aliphatic carbocycles. The van der Waals surface area contributed by atoms with Crippen LogP contribution in [-0.4, -0.2) is 17.9 Å². The predicted octanol–water partition coefficient (Wildman–Crippen LogP) is 2.04. The summed E-state index contributed by atoms with van der Waals surface area (Å²) in [5.74, 6) is -0.682. The maximum absolute atomic E-state index is 13.5. The molecule has 18 heavy (non-hydrogen) atoms. The quantitative estimate of drug-likeness (QED) is 0.664. The minimum absolute atomic E-state index is 0.0649. The molecule has 0 radical (unpaired) electrons. The highest BCUT2D eigenvalue weighted by Crippen LogP contribution is 2.23. The molecule has 0 amide bonds. The van der Waals surface area contributed by atoms with E-state index in [1.54, 1.807) is 12.1 Å². The van der Waals surface area contributed by atoms with Gasteiger partial charge in [0.1, 0.15) is 5.75 Å². The Morgan fingerprint density at radius 1 is 1.33 bits per heavy atom. The van der Waals surface area contributed by atoms with Crippen molar-refractivity contribution in [3.63, 3.8) is 0 Å². The average molecular weight is 246 g/mol. The molecule has 2 aromatic rings. The third kappa shape index (κ3) is 2.15. The lowest BCUT2D eigenvalue weighted by atomic mass is 10.0. The molecule has 1 aromatic carbocycles. The fourth-order valence-corrected chi connectivity index (χ4v) is 1.56. The zero-order chi connectivity index (χ0) is 13.1. The van der Waals surface area contributed by atoms with Crippen molar-refractivity contribution < 1.29 is 13.9 Å². The van der Waals surface area contributed by atoms with Crippen LogP contribution in [-0.2, 0) is 0 Å². The molecule has 0 saturated heterocycles. The van der Waals surface area contributed by atoms with Gasteiger partial charge in [-0.25, -0.2) is 4.39 Å². The van der Waals surface area contributed by atoms with Crippen molar-refractivity contribution in [3.05, 3.63) is 53.6 Å². The summed E-state index contributed by atoms with van der Waals surface area (Å²) in [4.78, 5) is 15.7. The van der Waals surface area contributed by atoms with Crippen molar-refractivity contribution >= 4 is 11.5 Å². The lowest BCUT2D eigenvalue weighted by molar-refractivity contribution is 0.103. The summed E-state index contributed by atoms with van der Waals surface area (Å²) >= 11 is 0. The van der Waals surface area contributed by atoms with Crippen LogP contribution in [0, 0.1) is 5.82 Å². The lowest BCUT2D eigenvalue weighted by Crippen LogP contribution is -2.08. The number of aromatic nitrogens is 1. The predicted molar refractivity (Wildman–Crippen MR) is 65.0 cm³/mol. The number of nitrogens with two attached hydrogens (primary N) is 1. The van der Waals surface area contributed by atoms with Crippen LogP contribution in [0.25, 0.3) is 0 Å². The van der Waals surface area contributed by atoms with E-state index in [2.05, 4.69) is 4.98 Å². The van der Waals surface area contributed by atoms with Crippen molar-refractivity contribution in [2.45, 2.75) is 0 Å². The minimum atomic E-state index is -0.676. The first-order chi connectivity index (χ1) is 8.63. The molecule has 0 spiro atoms. The van der Waals surface area contributed by atoms with Gasteiger partial charge in [0.15, 0.2) is 11.6 Å². The number of hydrogen-bond acceptors (Lipinski definition) is 4. The molecule has 1 aromatic heterocycles. The largest absolute Gasteiger partial charge is 0.497 e. The number of rotatable bonds is 3. The summed E-state index contributed by atoms with van der Waals surface area (Å²) in [7, 11) is 1.48. The van der Waals surface area contributed by atoms with Crippen LogP contribution < -0.4 is 10.5 Å². The van der Waals surface area contributed by atoms with E-state index in [1.807, 2.05) is 0 Å². The number of carbonyl (C=O) groups excluding carboxylic acids is 1. The molecule has 0 aliphatic heterocycles. The van der Waals surface area contributed by atoms with Crippen LogP contribution >= 0.6 is 0 Å². The molecule has 4 nitrogen and oxygen atoms in total. The number of halogens is 1. The molecule has 0 atom stereocenters. The SMILES string of the molecule is COc1ccc(N)c(C(=O)c2ccncc2F)c1. The average Bonchev–Trinajstić information content (AvgIpc) is 2.39. The Balaban J connectivity index is 2.49. The minimum Gasteiger partial charge on any atom is -0.497 e. The van der Waals surface area contributed by atoms with Gasteiger partial charge < -0.3 is 10.5 Å². The number of ketones is 1. The monoisotopic (exact) mass is 246 g/mol. The van der Waals surface area contributed by atoms with Gasteiger partial charge in [-0.2, -0.15) is 0 Å². The van der Waals surface area contributed by atoms with Gasteiger partial charge in [-0.1, -0.05) is 0 Å². The molecule has 5 heteroatoms. The molecule has 92 valence electrons. The maximum Gasteiger partial charge on any atom is 0.198 e. The van der Waals surface area contributed by atoms with Gasteiger partial charge in [0.05, 0.1) is 18.9 Å². The summed E-state index contributed by atoms with van der Waals surface area (Å²) in [6.07, 6.45) is 2.34. The van der Waals surface area contributed by atoms with Gasteiger partial charge in [0.2, 0.25) is 0 Å². The highest BCUT2D eigenvalue weighted by atomic mass is 19.1. The molecular formula is C13H11FN2O2. The zero-order valence-electron chi connectivity index (χ0n) is 9.68. The van der Waals surface area contributed by atoms with E-state index in [-0.39, 0.29) is 16.8 Å². The van der Waals surface area contributed by atoms with Gasteiger partial charge in [0.25, 0.3) is 0 Å². The smallest absolute Gasteiger partial charge is 0.198 e. The molecule has 0 bridgehead atoms. The van der Waals surface area contributed by atoms with Crippen LogP contribution in [0.3, 0.4) is 0 Å². The fourth-order valence-electron chi connectivity index (χ4n) is 1.56. The maximum atomic E-state index is 13.5. The van der Waals surface area contributed by atoms with Crippen LogP contribution in [0.15, 0.2) is 36.7 Å². The van der Waals surface area contributed by atoms with E-state index >= 15 is 0 Å². The van der Waals surface area contributed by atoms with E-state index < -0.39 is 11.6 Å². The second-order valence-corrected chi connectivity index (χ2v) is 3.64. The van der Waals surface area contributed by atoms with E-state index in [1.165, 1.54) is 25.4 Å². The summed E-state index contributed by atoms with van der Waals surface area (Å²) in [5.41, 5.74) is 6.14. The normalized spacial score (nSPS) is 10.1. The van der Waals surface area contributed by atoms with Gasteiger partial charge in [-0.3, -0.25) is 9.78 Å². The Kier molecular flexibility index (Phi) is 3.23.